The Morgan fingerprint density at radius 2 is 2.19 bits per heavy atom. The van der Waals surface area contributed by atoms with Crippen molar-refractivity contribution in [2.75, 3.05) is 18.0 Å². The van der Waals surface area contributed by atoms with E-state index in [1.54, 1.807) is 12.1 Å². The number of anilines is 1. The second-order valence-electron chi connectivity index (χ2n) is 6.12. The smallest absolute Gasteiger partial charge is 0.269 e. The van der Waals surface area contributed by atoms with Gasteiger partial charge in [-0.3, -0.25) is 10.1 Å². The summed E-state index contributed by atoms with van der Waals surface area (Å²) in [6.07, 6.45) is 3.74. The van der Waals surface area contributed by atoms with Crippen molar-refractivity contribution in [2.45, 2.75) is 52.1 Å². The number of piperidine rings is 1. The van der Waals surface area contributed by atoms with E-state index in [9.17, 15) is 10.1 Å². The van der Waals surface area contributed by atoms with Crippen LogP contribution >= 0.6 is 0 Å². The van der Waals surface area contributed by atoms with Gasteiger partial charge in [-0.25, -0.2) is 0 Å². The molecule has 1 unspecified atom stereocenters. The summed E-state index contributed by atoms with van der Waals surface area (Å²) in [5, 5.41) is 14.4. The van der Waals surface area contributed by atoms with E-state index in [1.807, 2.05) is 13.0 Å². The molecule has 1 fully saturated rings. The average Bonchev–Trinajstić information content (AvgIpc) is 2.46. The lowest BCUT2D eigenvalue weighted by molar-refractivity contribution is -0.384. The number of nitro groups is 1. The minimum absolute atomic E-state index is 0.163. The highest BCUT2D eigenvalue weighted by Crippen LogP contribution is 2.27. The van der Waals surface area contributed by atoms with Crippen molar-refractivity contribution in [3.05, 3.63) is 33.9 Å². The maximum Gasteiger partial charge on any atom is 0.269 e. The third-order valence-corrected chi connectivity index (χ3v) is 4.15. The molecule has 5 heteroatoms. The van der Waals surface area contributed by atoms with Crippen LogP contribution in [0.5, 0.6) is 0 Å². The number of nitrogens with one attached hydrogen (secondary N) is 1. The number of hydrogen-bond donors (Lipinski definition) is 1. The highest BCUT2D eigenvalue weighted by molar-refractivity contribution is 5.58. The topological polar surface area (TPSA) is 58.4 Å². The van der Waals surface area contributed by atoms with Crippen LogP contribution in [0.4, 0.5) is 11.4 Å². The van der Waals surface area contributed by atoms with Gasteiger partial charge >= 0.3 is 0 Å². The van der Waals surface area contributed by atoms with Crippen molar-refractivity contribution in [1.82, 2.24) is 5.32 Å². The lowest BCUT2D eigenvalue weighted by Crippen LogP contribution is -2.46. The van der Waals surface area contributed by atoms with Crippen molar-refractivity contribution < 1.29 is 4.92 Å². The quantitative estimate of drug-likeness (QED) is 0.668. The van der Waals surface area contributed by atoms with E-state index in [-0.39, 0.29) is 10.6 Å². The van der Waals surface area contributed by atoms with Gasteiger partial charge in [0.15, 0.2) is 0 Å². The van der Waals surface area contributed by atoms with Gasteiger partial charge in [0.2, 0.25) is 0 Å². The second kappa shape index (κ2) is 6.89. The lowest BCUT2D eigenvalue weighted by Gasteiger charge is -2.35. The van der Waals surface area contributed by atoms with Crippen LogP contribution in [-0.2, 0) is 0 Å². The third kappa shape index (κ3) is 3.94. The zero-order valence-corrected chi connectivity index (χ0v) is 13.1. The van der Waals surface area contributed by atoms with Gasteiger partial charge in [-0.2, -0.15) is 0 Å². The summed E-state index contributed by atoms with van der Waals surface area (Å²) in [7, 11) is 0. The van der Waals surface area contributed by atoms with E-state index in [4.69, 9.17) is 0 Å². The summed E-state index contributed by atoms with van der Waals surface area (Å²) < 4.78 is 0. The number of benzene rings is 1. The molecule has 1 aromatic rings. The Bertz CT molecular complexity index is 496. The molecule has 21 heavy (non-hydrogen) atoms. The van der Waals surface area contributed by atoms with E-state index in [0.29, 0.717) is 12.1 Å². The fourth-order valence-corrected chi connectivity index (χ4v) is 2.98. The zero-order valence-electron chi connectivity index (χ0n) is 13.1. The third-order valence-electron chi connectivity index (χ3n) is 4.15. The summed E-state index contributed by atoms with van der Waals surface area (Å²) in [6, 6.07) is 6.03. The Morgan fingerprint density at radius 1 is 1.43 bits per heavy atom. The monoisotopic (exact) mass is 291 g/mol. The number of nitro benzene ring substituents is 1. The van der Waals surface area contributed by atoms with Gasteiger partial charge in [-0.15, -0.1) is 0 Å². The molecule has 116 valence electrons. The first kappa shape index (κ1) is 15.8. The highest BCUT2D eigenvalue weighted by atomic mass is 16.6. The molecular weight excluding hydrogens is 266 g/mol. The molecule has 0 amide bonds. The largest absolute Gasteiger partial charge is 0.367 e. The Kier molecular flexibility index (Phi) is 5.17. The molecule has 2 rings (SSSR count). The van der Waals surface area contributed by atoms with Crippen LogP contribution in [0.3, 0.4) is 0 Å². The van der Waals surface area contributed by atoms with E-state index >= 15 is 0 Å². The van der Waals surface area contributed by atoms with Crippen LogP contribution in [0.1, 0.15) is 38.7 Å². The predicted molar refractivity (Wildman–Crippen MR) is 86.0 cm³/mol. The van der Waals surface area contributed by atoms with Crippen LogP contribution in [0.15, 0.2) is 18.2 Å². The zero-order chi connectivity index (χ0) is 15.4. The van der Waals surface area contributed by atoms with Crippen molar-refractivity contribution in [2.24, 2.45) is 0 Å². The maximum atomic E-state index is 10.9. The van der Waals surface area contributed by atoms with Crippen LogP contribution in [0.25, 0.3) is 0 Å². The minimum atomic E-state index is -0.334. The standard InChI is InChI=1S/C16H25N3O2/c1-12(2)18(11-14-6-4-5-9-17-14)16-8-7-15(19(20)21)10-13(16)3/h7-8,10,12,14,17H,4-6,9,11H2,1-3H3. The van der Waals surface area contributed by atoms with Gasteiger partial charge in [-0.05, 0) is 51.8 Å². The van der Waals surface area contributed by atoms with Crippen molar-refractivity contribution in [1.29, 1.82) is 0 Å². The van der Waals surface area contributed by atoms with E-state index < -0.39 is 0 Å². The van der Waals surface area contributed by atoms with Gasteiger partial charge < -0.3 is 10.2 Å². The molecule has 0 saturated carbocycles. The normalized spacial score (nSPS) is 18.8. The molecule has 1 aromatic carbocycles. The van der Waals surface area contributed by atoms with E-state index in [1.165, 1.54) is 19.3 Å². The number of non-ortho nitro benzene ring substituents is 1. The molecule has 1 aliphatic heterocycles. The molecule has 0 bridgehead atoms. The maximum absolute atomic E-state index is 10.9. The number of hydrogen-bond acceptors (Lipinski definition) is 4. The van der Waals surface area contributed by atoms with Crippen molar-refractivity contribution in [3.8, 4) is 0 Å². The van der Waals surface area contributed by atoms with Crippen molar-refractivity contribution in [3.63, 3.8) is 0 Å². The Balaban J connectivity index is 2.19. The van der Waals surface area contributed by atoms with Crippen LogP contribution in [0, 0.1) is 17.0 Å². The summed E-state index contributed by atoms with van der Waals surface area (Å²) >= 11 is 0. The Hall–Kier alpha value is -1.62. The SMILES string of the molecule is Cc1cc([N+](=O)[O-])ccc1N(CC1CCCCN1)C(C)C. The lowest BCUT2D eigenvalue weighted by atomic mass is 10.0. The highest BCUT2D eigenvalue weighted by Gasteiger charge is 2.21. The molecule has 1 heterocycles. The van der Waals surface area contributed by atoms with Gasteiger partial charge in [0.1, 0.15) is 0 Å². The first-order valence-corrected chi connectivity index (χ1v) is 7.74. The Morgan fingerprint density at radius 3 is 2.71 bits per heavy atom. The van der Waals surface area contributed by atoms with Crippen LogP contribution < -0.4 is 10.2 Å². The molecule has 1 saturated heterocycles. The molecule has 0 radical (unpaired) electrons. The van der Waals surface area contributed by atoms with Crippen LogP contribution in [0.2, 0.25) is 0 Å². The molecule has 1 N–H and O–H groups in total. The second-order valence-corrected chi connectivity index (χ2v) is 6.12. The van der Waals surface area contributed by atoms with E-state index in [0.717, 1.165) is 24.3 Å². The molecule has 5 nitrogen and oxygen atoms in total. The average molecular weight is 291 g/mol. The Labute approximate surface area is 126 Å². The first-order valence-electron chi connectivity index (χ1n) is 7.74. The molecule has 0 spiro atoms. The first-order chi connectivity index (χ1) is 9.99. The summed E-state index contributed by atoms with van der Waals surface area (Å²) in [4.78, 5) is 12.9. The number of nitrogens with zero attached hydrogens (tertiary/aromatic N) is 2. The van der Waals surface area contributed by atoms with Gasteiger partial charge in [0.05, 0.1) is 4.92 Å². The molecule has 0 aliphatic carbocycles. The van der Waals surface area contributed by atoms with Crippen molar-refractivity contribution >= 4 is 11.4 Å². The van der Waals surface area contributed by atoms with Gasteiger partial charge in [-0.1, -0.05) is 6.42 Å². The fourth-order valence-electron chi connectivity index (χ4n) is 2.98. The number of rotatable bonds is 5. The molecule has 1 atom stereocenters. The molecule has 0 aromatic heterocycles. The van der Waals surface area contributed by atoms with E-state index in [2.05, 4.69) is 24.1 Å². The van der Waals surface area contributed by atoms with Gasteiger partial charge in [0, 0.05) is 36.4 Å². The minimum Gasteiger partial charge on any atom is -0.367 e. The van der Waals surface area contributed by atoms with Gasteiger partial charge in [0.25, 0.3) is 5.69 Å². The predicted octanol–water partition coefficient (Wildman–Crippen LogP) is 3.26. The molecular formula is C16H25N3O2. The van der Waals surface area contributed by atoms with Crippen LogP contribution in [-0.4, -0.2) is 30.1 Å². The summed E-state index contributed by atoms with van der Waals surface area (Å²) in [6.45, 7) is 8.34. The fraction of sp³-hybridized carbons (Fsp3) is 0.625. The summed E-state index contributed by atoms with van der Waals surface area (Å²) in [5.41, 5.74) is 2.23. The molecule has 1 aliphatic rings. The summed E-state index contributed by atoms with van der Waals surface area (Å²) in [5.74, 6) is 0. The number of aryl methyl sites for hydroxylation is 1.